The quantitative estimate of drug-likeness (QED) is 0.468. The lowest BCUT2D eigenvalue weighted by molar-refractivity contribution is -0.390. The first-order valence-electron chi connectivity index (χ1n) is 6.01. The molecule has 1 heterocycles. The van der Waals surface area contributed by atoms with Gasteiger partial charge in [0.1, 0.15) is 16.3 Å². The highest BCUT2D eigenvalue weighted by Crippen LogP contribution is 2.25. The Morgan fingerprint density at radius 3 is 2.52 bits per heavy atom. The van der Waals surface area contributed by atoms with Gasteiger partial charge in [-0.1, -0.05) is 0 Å². The molecule has 0 saturated heterocycles. The zero-order valence-electron chi connectivity index (χ0n) is 11.3. The molecule has 0 saturated carbocycles. The van der Waals surface area contributed by atoms with Crippen LogP contribution in [0.1, 0.15) is 23.3 Å². The Hall–Kier alpha value is -2.22. The molecule has 110 valence electrons. The lowest BCUT2D eigenvalue weighted by Gasteiger charge is -2.08. The summed E-state index contributed by atoms with van der Waals surface area (Å²) in [6.45, 7) is 1.63. The molecule has 2 aromatic rings. The third-order valence-corrected chi connectivity index (χ3v) is 3.55. The predicted octanol–water partition coefficient (Wildman–Crippen LogP) is 3.01. The largest absolute Gasteiger partial charge is 0.497 e. The summed E-state index contributed by atoms with van der Waals surface area (Å²) in [7, 11) is 1.54. The molecule has 0 radical (unpaired) electrons. The van der Waals surface area contributed by atoms with E-state index in [1.807, 2.05) is 0 Å². The van der Waals surface area contributed by atoms with E-state index in [1.54, 1.807) is 38.3 Å². The highest BCUT2D eigenvalue weighted by Gasteiger charge is 2.25. The molecule has 1 atom stereocenters. The summed E-state index contributed by atoms with van der Waals surface area (Å²) in [6, 6.07) is 6.00. The second-order valence-corrected chi connectivity index (χ2v) is 5.16. The second-order valence-electron chi connectivity index (χ2n) is 4.31. The average Bonchev–Trinajstić information content (AvgIpc) is 2.88. The van der Waals surface area contributed by atoms with Crippen molar-refractivity contribution in [2.45, 2.75) is 13.0 Å². The maximum Gasteiger partial charge on any atom is 0.404 e. The van der Waals surface area contributed by atoms with E-state index in [9.17, 15) is 14.9 Å². The monoisotopic (exact) mass is 353 g/mol. The minimum atomic E-state index is -0.650. The molecule has 1 aromatic carbocycles. The van der Waals surface area contributed by atoms with E-state index in [4.69, 9.17) is 4.74 Å². The Bertz CT molecular complexity index is 681. The fraction of sp³-hybridized carbons (Fsp3) is 0.231. The third-order valence-electron chi connectivity index (χ3n) is 2.99. The fourth-order valence-electron chi connectivity index (χ4n) is 1.80. The summed E-state index contributed by atoms with van der Waals surface area (Å²) >= 11 is 3.06. The first kappa shape index (κ1) is 15.2. The van der Waals surface area contributed by atoms with Crippen LogP contribution in [0.4, 0.5) is 5.82 Å². The molecule has 0 fully saturated rings. The van der Waals surface area contributed by atoms with E-state index in [-0.39, 0.29) is 16.1 Å². The molecule has 0 bridgehead atoms. The molecule has 21 heavy (non-hydrogen) atoms. The Kier molecular flexibility index (Phi) is 4.37. The zero-order chi connectivity index (χ0) is 15.6. The summed E-state index contributed by atoms with van der Waals surface area (Å²) in [5.41, 5.74) is 0.484. The Balaban J connectivity index is 2.25. The summed E-state index contributed by atoms with van der Waals surface area (Å²) in [5, 5.41) is 14.6. The number of ketones is 1. The Labute approximate surface area is 128 Å². The normalized spacial score (nSPS) is 12.0. The van der Waals surface area contributed by atoms with Crippen LogP contribution in [0.3, 0.4) is 0 Å². The van der Waals surface area contributed by atoms with Gasteiger partial charge in [-0.2, -0.15) is 4.68 Å². The van der Waals surface area contributed by atoms with Gasteiger partial charge in [0.2, 0.25) is 0 Å². The van der Waals surface area contributed by atoms with Crippen LogP contribution in [0.15, 0.2) is 34.9 Å². The number of methoxy groups -OCH3 is 1. The van der Waals surface area contributed by atoms with Crippen LogP contribution in [-0.2, 0) is 0 Å². The van der Waals surface area contributed by atoms with Crippen LogP contribution in [-0.4, -0.2) is 27.6 Å². The molecular weight excluding hydrogens is 342 g/mol. The molecule has 0 spiro atoms. The zero-order valence-corrected chi connectivity index (χ0v) is 12.9. The summed E-state index contributed by atoms with van der Waals surface area (Å²) in [5.74, 6) is 0.142. The number of hydrogen-bond donors (Lipinski definition) is 0. The maximum absolute atomic E-state index is 12.3. The highest BCUT2D eigenvalue weighted by atomic mass is 79.9. The van der Waals surface area contributed by atoms with Crippen LogP contribution in [0.25, 0.3) is 0 Å². The van der Waals surface area contributed by atoms with Gasteiger partial charge in [0.25, 0.3) is 0 Å². The first-order chi connectivity index (χ1) is 9.93. The van der Waals surface area contributed by atoms with E-state index in [1.165, 1.54) is 10.9 Å². The van der Waals surface area contributed by atoms with Gasteiger partial charge in [-0.05, 0) is 52.0 Å². The van der Waals surface area contributed by atoms with Crippen molar-refractivity contribution < 1.29 is 14.5 Å². The number of rotatable bonds is 5. The number of halogens is 1. The smallest absolute Gasteiger partial charge is 0.404 e. The number of nitrogens with zero attached hydrogens (tertiary/aromatic N) is 3. The van der Waals surface area contributed by atoms with Gasteiger partial charge in [0.05, 0.1) is 18.4 Å². The van der Waals surface area contributed by atoms with Gasteiger partial charge in [0, 0.05) is 5.56 Å². The number of ether oxygens (including phenoxy) is 1. The van der Waals surface area contributed by atoms with Gasteiger partial charge < -0.3 is 14.9 Å². The molecular formula is C13H12BrN3O4. The molecule has 8 heteroatoms. The third kappa shape index (κ3) is 3.10. The maximum atomic E-state index is 12.3. The van der Waals surface area contributed by atoms with Crippen LogP contribution >= 0.6 is 15.9 Å². The van der Waals surface area contributed by atoms with E-state index in [0.717, 1.165) is 0 Å². The van der Waals surface area contributed by atoms with Gasteiger partial charge in [0.15, 0.2) is 5.78 Å². The SMILES string of the molecule is COc1ccc(C(=O)C(C)n2cc(Br)c([N+](=O)[O-])n2)cc1. The van der Waals surface area contributed by atoms with Gasteiger partial charge in [-0.3, -0.25) is 4.79 Å². The number of benzene rings is 1. The molecule has 1 aromatic heterocycles. The topological polar surface area (TPSA) is 87.3 Å². The van der Waals surface area contributed by atoms with E-state index < -0.39 is 11.0 Å². The van der Waals surface area contributed by atoms with Gasteiger partial charge >= 0.3 is 5.82 Å². The number of carbonyl (C=O) groups is 1. The minimum absolute atomic E-state index is 0.192. The van der Waals surface area contributed by atoms with E-state index in [0.29, 0.717) is 11.3 Å². The fourth-order valence-corrected chi connectivity index (χ4v) is 2.23. The number of aromatic nitrogens is 2. The second kappa shape index (κ2) is 6.04. The van der Waals surface area contributed by atoms with Crippen molar-refractivity contribution in [2.75, 3.05) is 7.11 Å². The molecule has 2 rings (SSSR count). The summed E-state index contributed by atoms with van der Waals surface area (Å²) in [4.78, 5) is 22.5. The van der Waals surface area contributed by atoms with Crippen LogP contribution in [0.2, 0.25) is 0 Å². The molecule has 0 aliphatic rings. The molecule has 0 N–H and O–H groups in total. The van der Waals surface area contributed by atoms with Crippen LogP contribution in [0.5, 0.6) is 5.75 Å². The van der Waals surface area contributed by atoms with Gasteiger partial charge in [-0.25, -0.2) is 0 Å². The summed E-state index contributed by atoms with van der Waals surface area (Å²) < 4.78 is 6.54. The Morgan fingerprint density at radius 1 is 1.43 bits per heavy atom. The lowest BCUT2D eigenvalue weighted by atomic mass is 10.1. The lowest BCUT2D eigenvalue weighted by Crippen LogP contribution is -2.17. The van der Waals surface area contributed by atoms with Crippen LogP contribution in [0, 0.1) is 10.1 Å². The van der Waals surface area contributed by atoms with Crippen molar-refractivity contribution in [2.24, 2.45) is 0 Å². The highest BCUT2D eigenvalue weighted by molar-refractivity contribution is 9.10. The standard InChI is InChI=1S/C13H12BrN3O4/c1-8(16-7-11(14)13(15-16)17(19)20)12(18)9-3-5-10(21-2)6-4-9/h3-8H,1-2H3. The minimum Gasteiger partial charge on any atom is -0.497 e. The van der Waals surface area contributed by atoms with E-state index in [2.05, 4.69) is 21.0 Å². The van der Waals surface area contributed by atoms with Crippen molar-refractivity contribution in [3.05, 3.63) is 50.6 Å². The summed E-state index contributed by atoms with van der Waals surface area (Å²) in [6.07, 6.45) is 1.42. The van der Waals surface area contributed by atoms with Crippen molar-refractivity contribution in [3.8, 4) is 5.75 Å². The number of carbonyl (C=O) groups excluding carboxylic acids is 1. The first-order valence-corrected chi connectivity index (χ1v) is 6.80. The predicted molar refractivity (Wildman–Crippen MR) is 78.6 cm³/mol. The molecule has 1 unspecified atom stereocenters. The average molecular weight is 354 g/mol. The van der Waals surface area contributed by atoms with Crippen molar-refractivity contribution in [3.63, 3.8) is 0 Å². The van der Waals surface area contributed by atoms with Crippen LogP contribution < -0.4 is 4.74 Å². The molecule has 0 amide bonds. The van der Waals surface area contributed by atoms with Crippen molar-refractivity contribution in [1.82, 2.24) is 9.78 Å². The van der Waals surface area contributed by atoms with Crippen molar-refractivity contribution in [1.29, 1.82) is 0 Å². The number of hydrogen-bond acceptors (Lipinski definition) is 5. The molecule has 0 aliphatic heterocycles. The Morgan fingerprint density at radius 2 is 2.05 bits per heavy atom. The van der Waals surface area contributed by atoms with E-state index >= 15 is 0 Å². The van der Waals surface area contributed by atoms with Gasteiger partial charge in [-0.15, -0.1) is 0 Å². The van der Waals surface area contributed by atoms with Crippen molar-refractivity contribution >= 4 is 27.5 Å². The molecule has 7 nitrogen and oxygen atoms in total. The number of Topliss-reactive ketones (excluding diaryl/α,β-unsaturated/α-hetero) is 1. The molecule has 0 aliphatic carbocycles. The number of nitro groups is 1.